The van der Waals surface area contributed by atoms with Gasteiger partial charge in [-0.3, -0.25) is 0 Å². The lowest BCUT2D eigenvalue weighted by molar-refractivity contribution is -0.192. The van der Waals surface area contributed by atoms with Gasteiger partial charge in [0.15, 0.2) is 0 Å². The van der Waals surface area contributed by atoms with Gasteiger partial charge in [0, 0.05) is 11.5 Å². The fraction of sp³-hybridized carbons (Fsp3) is 0.933. The van der Waals surface area contributed by atoms with Crippen molar-refractivity contribution in [3.8, 4) is 0 Å². The van der Waals surface area contributed by atoms with Crippen LogP contribution in [0, 0.1) is 0 Å². The van der Waals surface area contributed by atoms with Crippen molar-refractivity contribution < 1.29 is 33.3 Å². The molecule has 0 saturated heterocycles. The van der Waals surface area contributed by atoms with Gasteiger partial charge in [0.05, 0.1) is 12.2 Å². The molecular formula is C15H31F3O4S2Si. The Morgan fingerprint density at radius 1 is 1.00 bits per heavy atom. The quantitative estimate of drug-likeness (QED) is 0.347. The van der Waals surface area contributed by atoms with Crippen LogP contribution in [-0.4, -0.2) is 58.4 Å². The van der Waals surface area contributed by atoms with Crippen molar-refractivity contribution in [3.05, 3.63) is 0 Å². The lowest BCUT2D eigenvalue weighted by Crippen LogP contribution is -2.43. The summed E-state index contributed by atoms with van der Waals surface area (Å²) in [6.45, 7) is 13.8. The van der Waals surface area contributed by atoms with Gasteiger partial charge in [0.1, 0.15) is 7.22 Å². The number of carboxylic acids is 1. The summed E-state index contributed by atoms with van der Waals surface area (Å²) >= 11 is 5.97. The summed E-state index contributed by atoms with van der Waals surface area (Å²) in [5, 5.41) is 26.7. The van der Waals surface area contributed by atoms with Gasteiger partial charge in [-0.15, -0.1) is 0 Å². The average Bonchev–Trinajstić information content (AvgIpc) is 2.45. The summed E-state index contributed by atoms with van der Waals surface area (Å²) in [7, 11) is -1.53. The van der Waals surface area contributed by atoms with E-state index in [4.69, 9.17) is 9.90 Å². The Labute approximate surface area is 158 Å². The van der Waals surface area contributed by atoms with Crippen molar-refractivity contribution in [1.82, 2.24) is 0 Å². The number of halogens is 3. The molecule has 25 heavy (non-hydrogen) atoms. The molecule has 0 radical (unpaired) electrons. The molecule has 0 aromatic carbocycles. The third kappa shape index (κ3) is 9.03. The number of hydrogen-bond donors (Lipinski definition) is 4. The first kappa shape index (κ1) is 27.3. The number of aliphatic carboxylic acids is 1. The van der Waals surface area contributed by atoms with Crippen molar-refractivity contribution in [1.29, 1.82) is 0 Å². The first-order chi connectivity index (χ1) is 11.1. The minimum Gasteiger partial charge on any atom is -0.475 e. The van der Waals surface area contributed by atoms with Crippen molar-refractivity contribution in [3.63, 3.8) is 0 Å². The highest BCUT2D eigenvalue weighted by Crippen LogP contribution is 2.49. The molecule has 3 N–H and O–H groups in total. The zero-order valence-corrected chi connectivity index (χ0v) is 18.3. The highest BCUT2D eigenvalue weighted by molar-refractivity contribution is 8.29. The Bertz CT molecular complexity index is 372. The molecule has 2 unspecified atom stereocenters. The number of carbonyl (C=O) groups is 1. The number of rotatable bonds is 8. The van der Waals surface area contributed by atoms with Crippen LogP contribution in [0.5, 0.6) is 0 Å². The van der Waals surface area contributed by atoms with Crippen LogP contribution in [0.25, 0.3) is 0 Å². The summed E-state index contributed by atoms with van der Waals surface area (Å²) in [6, 6.07) is 0. The minimum atomic E-state index is -5.08. The molecule has 0 aliphatic rings. The van der Waals surface area contributed by atoms with Gasteiger partial charge in [-0.05, 0) is 16.6 Å². The van der Waals surface area contributed by atoms with E-state index in [0.717, 1.165) is 0 Å². The van der Waals surface area contributed by atoms with E-state index in [9.17, 15) is 23.4 Å². The standard InChI is InChI=1S/C13H30O2S2Si.C2HF3O2/c1-9(2)18(10(3)4,11(5)6)17-8-13(15)12(14)7-16;3-2(4,5)1(6)7/h9-16H,7-8H2,1-6H3;(H,6,7). The maximum absolute atomic E-state index is 10.6. The first-order valence-electron chi connectivity index (χ1n) is 8.05. The van der Waals surface area contributed by atoms with Gasteiger partial charge in [-0.25, -0.2) is 4.79 Å². The number of aliphatic hydroxyl groups is 2. The summed E-state index contributed by atoms with van der Waals surface area (Å²) in [6.07, 6.45) is -6.45. The number of carboxylic acid groups (broad SMARTS) is 1. The molecule has 2 atom stereocenters. The average molecular weight is 425 g/mol. The van der Waals surface area contributed by atoms with Crippen LogP contribution >= 0.6 is 23.8 Å². The predicted molar refractivity (Wildman–Crippen MR) is 103 cm³/mol. The van der Waals surface area contributed by atoms with Gasteiger partial charge in [0.25, 0.3) is 0 Å². The Balaban J connectivity index is 0. The van der Waals surface area contributed by atoms with E-state index in [1.807, 2.05) is 11.2 Å². The molecule has 4 nitrogen and oxygen atoms in total. The van der Waals surface area contributed by atoms with E-state index in [0.29, 0.717) is 28.1 Å². The maximum Gasteiger partial charge on any atom is 0.490 e. The monoisotopic (exact) mass is 424 g/mol. The van der Waals surface area contributed by atoms with E-state index >= 15 is 0 Å². The molecule has 0 heterocycles. The zero-order chi connectivity index (χ0) is 20.6. The van der Waals surface area contributed by atoms with E-state index in [-0.39, 0.29) is 0 Å². The molecule has 0 rings (SSSR count). The lowest BCUT2D eigenvalue weighted by Gasteiger charge is -2.43. The van der Waals surface area contributed by atoms with E-state index in [1.54, 1.807) is 0 Å². The number of thiol groups is 1. The third-order valence-corrected chi connectivity index (χ3v) is 17.1. The lowest BCUT2D eigenvalue weighted by atomic mass is 10.3. The predicted octanol–water partition coefficient (Wildman–Crippen LogP) is 4.18. The molecule has 0 fully saturated rings. The van der Waals surface area contributed by atoms with Crippen LogP contribution in [0.1, 0.15) is 41.5 Å². The van der Waals surface area contributed by atoms with Gasteiger partial charge in [-0.1, -0.05) is 41.5 Å². The molecule has 0 spiro atoms. The van der Waals surface area contributed by atoms with Gasteiger partial charge in [-0.2, -0.15) is 37.0 Å². The van der Waals surface area contributed by atoms with Crippen molar-refractivity contribution in [2.75, 3.05) is 11.5 Å². The highest BCUT2D eigenvalue weighted by Gasteiger charge is 2.44. The molecule has 152 valence electrons. The second-order valence-electron chi connectivity index (χ2n) is 6.75. The van der Waals surface area contributed by atoms with Crippen LogP contribution in [0.4, 0.5) is 13.2 Å². The molecule has 10 heteroatoms. The van der Waals surface area contributed by atoms with Crippen LogP contribution < -0.4 is 0 Å². The highest BCUT2D eigenvalue weighted by atomic mass is 32.4. The van der Waals surface area contributed by atoms with Crippen LogP contribution in [0.2, 0.25) is 16.6 Å². The van der Waals surface area contributed by atoms with Gasteiger partial charge in [0.2, 0.25) is 0 Å². The van der Waals surface area contributed by atoms with Crippen molar-refractivity contribution in [2.45, 2.75) is 76.6 Å². The molecule has 0 amide bonds. The topological polar surface area (TPSA) is 77.8 Å². The van der Waals surface area contributed by atoms with Crippen LogP contribution in [0.3, 0.4) is 0 Å². The molecule has 0 aromatic rings. The third-order valence-electron chi connectivity index (χ3n) is 4.08. The fourth-order valence-corrected chi connectivity index (χ4v) is 13.3. The van der Waals surface area contributed by atoms with Gasteiger partial charge >= 0.3 is 12.1 Å². The number of hydrogen-bond acceptors (Lipinski definition) is 5. The Morgan fingerprint density at radius 3 is 1.52 bits per heavy atom. The summed E-state index contributed by atoms with van der Waals surface area (Å²) in [5.74, 6) is -1.81. The summed E-state index contributed by atoms with van der Waals surface area (Å²) in [5.41, 5.74) is 2.01. The number of aliphatic hydroxyl groups excluding tert-OH is 2. The van der Waals surface area contributed by atoms with E-state index in [1.165, 1.54) is 0 Å². The van der Waals surface area contributed by atoms with Gasteiger partial charge < -0.3 is 15.3 Å². The first-order valence-corrected chi connectivity index (χ1v) is 12.6. The summed E-state index contributed by atoms with van der Waals surface area (Å²) in [4.78, 5) is 8.90. The molecule has 0 aliphatic heterocycles. The molecule has 0 bridgehead atoms. The zero-order valence-electron chi connectivity index (χ0n) is 15.5. The number of alkyl halides is 3. The Hall–Kier alpha value is 0.0969. The smallest absolute Gasteiger partial charge is 0.475 e. The maximum atomic E-state index is 10.6. The largest absolute Gasteiger partial charge is 0.490 e. The SMILES string of the molecule is CC(C)[Si](SCC(O)C(O)CS)(C(C)C)C(C)C.O=C(O)C(F)(F)F. The second-order valence-corrected chi connectivity index (χ2v) is 15.9. The molecular weight excluding hydrogens is 393 g/mol. The fourth-order valence-electron chi connectivity index (χ4n) is 2.96. The Morgan fingerprint density at radius 2 is 1.32 bits per heavy atom. The molecule has 0 aliphatic carbocycles. The van der Waals surface area contributed by atoms with E-state index < -0.39 is 31.6 Å². The summed E-state index contributed by atoms with van der Waals surface area (Å²) < 4.78 is 31.7. The van der Waals surface area contributed by atoms with Crippen LogP contribution in [0.15, 0.2) is 0 Å². The Kier molecular flexibility index (Phi) is 12.8. The van der Waals surface area contributed by atoms with E-state index in [2.05, 4.69) is 54.2 Å². The van der Waals surface area contributed by atoms with Crippen molar-refractivity contribution >= 4 is 37.0 Å². The second kappa shape index (κ2) is 11.7. The molecule has 0 saturated carbocycles. The minimum absolute atomic E-state index is 0.321. The van der Waals surface area contributed by atoms with Crippen molar-refractivity contribution in [2.24, 2.45) is 0 Å². The van der Waals surface area contributed by atoms with Crippen LogP contribution in [-0.2, 0) is 4.79 Å². The molecule has 0 aromatic heterocycles. The normalized spacial score (nSPS) is 15.2.